The molecule has 2 bridgehead atoms. The van der Waals surface area contributed by atoms with Crippen LogP contribution in [0.2, 0.25) is 0 Å². The zero-order valence-corrected chi connectivity index (χ0v) is 15.0. The van der Waals surface area contributed by atoms with Gasteiger partial charge in [0.15, 0.2) is 0 Å². The minimum atomic E-state index is -0.589. The minimum absolute atomic E-state index is 0.0428. The molecule has 0 aromatic carbocycles. The van der Waals surface area contributed by atoms with Crippen molar-refractivity contribution in [1.82, 2.24) is 0 Å². The van der Waals surface area contributed by atoms with Crippen molar-refractivity contribution in [2.75, 3.05) is 0 Å². The molecular weight excluding hydrogens is 288 g/mol. The molecule has 0 heterocycles. The Hall–Kier alpha value is -0.670. The molecule has 3 rings (SSSR count). The normalized spacial score (nSPS) is 56.6. The lowest BCUT2D eigenvalue weighted by molar-refractivity contribution is -0.191. The summed E-state index contributed by atoms with van der Waals surface area (Å²) in [4.78, 5) is 12.8. The van der Waals surface area contributed by atoms with E-state index in [9.17, 15) is 15.0 Å². The second-order valence-electron chi connectivity index (χ2n) is 9.10. The number of hydrogen-bond acceptors (Lipinski definition) is 3. The van der Waals surface area contributed by atoms with E-state index in [1.165, 1.54) is 0 Å². The van der Waals surface area contributed by atoms with Gasteiger partial charge in [-0.05, 0) is 42.9 Å². The highest BCUT2D eigenvalue weighted by molar-refractivity contribution is 5.85. The van der Waals surface area contributed by atoms with Gasteiger partial charge < -0.3 is 10.2 Å². The topological polar surface area (TPSA) is 57.5 Å². The number of hydrogen-bond donors (Lipinski definition) is 2. The van der Waals surface area contributed by atoms with Crippen LogP contribution in [0.4, 0.5) is 0 Å². The third-order valence-electron chi connectivity index (χ3n) is 8.33. The lowest BCUT2D eigenvalue weighted by Gasteiger charge is -2.61. The molecule has 3 nitrogen and oxygen atoms in total. The van der Waals surface area contributed by atoms with Crippen molar-refractivity contribution in [2.24, 2.45) is 34.0 Å². The molecule has 0 aliphatic heterocycles. The van der Waals surface area contributed by atoms with E-state index in [2.05, 4.69) is 27.4 Å². The Morgan fingerprint density at radius 2 is 1.87 bits per heavy atom. The van der Waals surface area contributed by atoms with Gasteiger partial charge in [-0.2, -0.15) is 0 Å². The number of Topliss-reactive ketones (excluding diaryl/α,β-unsaturated/α-hetero) is 1. The van der Waals surface area contributed by atoms with E-state index in [0.717, 1.165) is 19.3 Å². The van der Waals surface area contributed by atoms with Crippen LogP contribution in [0.1, 0.15) is 59.8 Å². The fourth-order valence-corrected chi connectivity index (χ4v) is 6.37. The summed E-state index contributed by atoms with van der Waals surface area (Å²) in [6.45, 7) is 12.4. The fourth-order valence-electron chi connectivity index (χ4n) is 6.37. The average molecular weight is 320 g/mol. The molecule has 23 heavy (non-hydrogen) atoms. The van der Waals surface area contributed by atoms with Crippen molar-refractivity contribution < 1.29 is 15.0 Å². The first-order chi connectivity index (χ1) is 10.6. The second-order valence-corrected chi connectivity index (χ2v) is 9.10. The average Bonchev–Trinajstić information content (AvgIpc) is 2.87. The molecule has 130 valence electrons. The predicted octanol–water partition coefficient (Wildman–Crippen LogP) is 3.34. The summed E-state index contributed by atoms with van der Waals surface area (Å²) in [5, 5.41) is 22.3. The highest BCUT2D eigenvalue weighted by Gasteiger charge is 2.67. The number of carbonyl (C=O) groups is 1. The first kappa shape index (κ1) is 17.2. The molecule has 0 aromatic heterocycles. The Kier molecular flexibility index (Phi) is 3.85. The SMILES string of the molecule is C=C[C@@]1(C)C[C@@H](O)[C@]2(C)[C@H](C)CC[C@]3(CCC(=O)[C@H]32)[C@@H](C)[C@@H]1O. The van der Waals surface area contributed by atoms with E-state index in [4.69, 9.17) is 0 Å². The maximum Gasteiger partial charge on any atom is 0.137 e. The number of ketones is 1. The van der Waals surface area contributed by atoms with Crippen molar-refractivity contribution in [1.29, 1.82) is 0 Å². The van der Waals surface area contributed by atoms with Crippen LogP contribution < -0.4 is 0 Å². The molecule has 3 heteroatoms. The Balaban J connectivity index is 2.21. The molecule has 2 N–H and O–H groups in total. The number of rotatable bonds is 1. The zero-order chi connectivity index (χ0) is 17.2. The van der Waals surface area contributed by atoms with Gasteiger partial charge in [0.25, 0.3) is 0 Å². The van der Waals surface area contributed by atoms with Gasteiger partial charge in [0.05, 0.1) is 12.2 Å². The van der Waals surface area contributed by atoms with Gasteiger partial charge in [0.1, 0.15) is 5.78 Å². The van der Waals surface area contributed by atoms with Crippen molar-refractivity contribution >= 4 is 5.78 Å². The van der Waals surface area contributed by atoms with E-state index >= 15 is 0 Å². The molecule has 0 radical (unpaired) electrons. The summed E-state index contributed by atoms with van der Waals surface area (Å²) >= 11 is 0. The largest absolute Gasteiger partial charge is 0.392 e. The van der Waals surface area contributed by atoms with Gasteiger partial charge in [0.2, 0.25) is 0 Å². The fraction of sp³-hybridized carbons (Fsp3) is 0.850. The van der Waals surface area contributed by atoms with E-state index in [1.54, 1.807) is 0 Å². The van der Waals surface area contributed by atoms with Crippen LogP contribution in [0.5, 0.6) is 0 Å². The van der Waals surface area contributed by atoms with Crippen LogP contribution >= 0.6 is 0 Å². The monoisotopic (exact) mass is 320 g/mol. The summed E-state index contributed by atoms with van der Waals surface area (Å²) in [5.74, 6) is 0.544. The Morgan fingerprint density at radius 1 is 1.22 bits per heavy atom. The second kappa shape index (κ2) is 5.16. The minimum Gasteiger partial charge on any atom is -0.392 e. The number of aliphatic hydroxyl groups is 2. The van der Waals surface area contributed by atoms with Gasteiger partial charge in [-0.3, -0.25) is 4.79 Å². The first-order valence-electron chi connectivity index (χ1n) is 9.16. The number of carbonyl (C=O) groups excluding carboxylic acids is 1. The van der Waals surface area contributed by atoms with Gasteiger partial charge in [-0.1, -0.05) is 33.8 Å². The van der Waals surface area contributed by atoms with Crippen LogP contribution in [0.15, 0.2) is 12.7 Å². The van der Waals surface area contributed by atoms with E-state index in [-0.39, 0.29) is 17.3 Å². The maximum atomic E-state index is 12.8. The molecule has 3 aliphatic carbocycles. The predicted molar refractivity (Wildman–Crippen MR) is 90.8 cm³/mol. The lowest BCUT2D eigenvalue weighted by atomic mass is 9.44. The Morgan fingerprint density at radius 3 is 2.48 bits per heavy atom. The van der Waals surface area contributed by atoms with Crippen LogP contribution in [0.25, 0.3) is 0 Å². The summed E-state index contributed by atoms with van der Waals surface area (Å²) in [7, 11) is 0. The third-order valence-corrected chi connectivity index (χ3v) is 8.33. The van der Waals surface area contributed by atoms with Crippen molar-refractivity contribution in [3.05, 3.63) is 12.7 Å². The standard InChI is InChI=1S/C20H32O3/c1-6-18(4)11-15(22)19(5)12(2)7-9-20(13(3)17(18)23)10-8-14(21)16(19)20/h6,12-13,15-17,22-23H,1,7-11H2,2-5H3/t12-,13+,15-,16+,17+,18+,19+,20+/m1/s1. The third kappa shape index (κ3) is 1.99. The van der Waals surface area contributed by atoms with Crippen molar-refractivity contribution in [3.63, 3.8) is 0 Å². The zero-order valence-electron chi connectivity index (χ0n) is 15.0. The van der Waals surface area contributed by atoms with Gasteiger partial charge in [-0.25, -0.2) is 0 Å². The van der Waals surface area contributed by atoms with E-state index in [0.29, 0.717) is 24.5 Å². The molecule has 3 aliphatic rings. The summed E-state index contributed by atoms with van der Waals surface area (Å²) in [6.07, 6.45) is 4.60. The van der Waals surface area contributed by atoms with E-state index in [1.807, 2.05) is 13.0 Å². The smallest absolute Gasteiger partial charge is 0.137 e. The lowest BCUT2D eigenvalue weighted by Crippen LogP contribution is -2.62. The molecule has 0 aromatic rings. The van der Waals surface area contributed by atoms with Crippen LogP contribution in [-0.4, -0.2) is 28.2 Å². The van der Waals surface area contributed by atoms with Crippen molar-refractivity contribution in [3.8, 4) is 0 Å². The van der Waals surface area contributed by atoms with Crippen LogP contribution in [0, 0.1) is 34.0 Å². The molecule has 0 saturated heterocycles. The van der Waals surface area contributed by atoms with Crippen molar-refractivity contribution in [2.45, 2.75) is 72.0 Å². The summed E-state index contributed by atoms with van der Waals surface area (Å²) in [6, 6.07) is 0. The van der Waals surface area contributed by atoms with E-state index < -0.39 is 23.0 Å². The molecule has 3 fully saturated rings. The first-order valence-corrected chi connectivity index (χ1v) is 9.16. The highest BCUT2D eigenvalue weighted by atomic mass is 16.3. The Bertz CT molecular complexity index is 529. The van der Waals surface area contributed by atoms with Gasteiger partial charge in [0, 0.05) is 23.2 Å². The molecule has 0 unspecified atom stereocenters. The molecule has 0 spiro atoms. The molecule has 3 saturated carbocycles. The quantitative estimate of drug-likeness (QED) is 0.729. The van der Waals surface area contributed by atoms with Gasteiger partial charge in [-0.15, -0.1) is 6.58 Å². The summed E-state index contributed by atoms with van der Waals surface area (Å²) in [5.41, 5.74) is -1.07. The molecule has 0 amide bonds. The highest BCUT2D eigenvalue weighted by Crippen LogP contribution is 2.67. The molecular formula is C20H32O3. The molecule has 8 atom stereocenters. The number of aliphatic hydroxyl groups excluding tert-OH is 2. The Labute approximate surface area is 140 Å². The maximum absolute atomic E-state index is 12.8. The van der Waals surface area contributed by atoms with Crippen LogP contribution in [0.3, 0.4) is 0 Å². The summed E-state index contributed by atoms with van der Waals surface area (Å²) < 4.78 is 0. The van der Waals surface area contributed by atoms with Crippen LogP contribution in [-0.2, 0) is 4.79 Å². The van der Waals surface area contributed by atoms with Gasteiger partial charge >= 0.3 is 0 Å².